The monoisotopic (exact) mass is 395 g/mol. The number of carbonyl (C=O) groups excluding carboxylic acids is 1. The number of fused-ring (bicyclic) bond motifs is 3. The van der Waals surface area contributed by atoms with E-state index < -0.39 is 0 Å². The van der Waals surface area contributed by atoms with Gasteiger partial charge < -0.3 is 10.6 Å². The summed E-state index contributed by atoms with van der Waals surface area (Å²) in [4.78, 5) is 16.0. The maximum atomic E-state index is 11.3. The number of rotatable bonds is 5. The van der Waals surface area contributed by atoms with Crippen LogP contribution in [0.25, 0.3) is 16.7 Å². The van der Waals surface area contributed by atoms with Crippen LogP contribution in [0, 0.1) is 18.3 Å². The summed E-state index contributed by atoms with van der Waals surface area (Å²) in [7, 11) is 0. The van der Waals surface area contributed by atoms with Gasteiger partial charge in [0.1, 0.15) is 11.9 Å². The quantitative estimate of drug-likeness (QED) is 0.461. The molecule has 0 bridgehead atoms. The van der Waals surface area contributed by atoms with Crippen molar-refractivity contribution in [1.29, 1.82) is 5.26 Å². The Bertz CT molecular complexity index is 1330. The van der Waals surface area contributed by atoms with Gasteiger partial charge in [-0.2, -0.15) is 5.26 Å². The number of hydrogen-bond donors (Lipinski definition) is 2. The van der Waals surface area contributed by atoms with Crippen molar-refractivity contribution in [1.82, 2.24) is 9.38 Å². The highest BCUT2D eigenvalue weighted by Gasteiger charge is 2.20. The Labute approximate surface area is 174 Å². The first kappa shape index (κ1) is 19.2. The van der Waals surface area contributed by atoms with E-state index in [-0.39, 0.29) is 5.91 Å². The van der Waals surface area contributed by atoms with Gasteiger partial charge in [0.15, 0.2) is 5.65 Å². The number of nitrogens with zero attached hydrogens (tertiary/aromatic N) is 3. The van der Waals surface area contributed by atoms with Gasteiger partial charge >= 0.3 is 0 Å². The van der Waals surface area contributed by atoms with Gasteiger partial charge in [-0.1, -0.05) is 18.2 Å². The molecule has 0 saturated heterocycles. The maximum absolute atomic E-state index is 11.3. The molecule has 2 aromatic heterocycles. The van der Waals surface area contributed by atoms with Crippen LogP contribution < -0.4 is 10.6 Å². The Hall–Kier alpha value is -4.11. The zero-order valence-electron chi connectivity index (χ0n) is 16.9. The minimum atomic E-state index is -0.113. The molecule has 2 aromatic carbocycles. The van der Waals surface area contributed by atoms with Crippen LogP contribution in [-0.4, -0.2) is 15.3 Å². The lowest BCUT2D eigenvalue weighted by atomic mass is 10.0. The molecule has 0 aliphatic rings. The third-order valence-electron chi connectivity index (χ3n) is 5.05. The molecule has 6 heteroatoms. The largest absolute Gasteiger partial charge is 0.341 e. The fourth-order valence-electron chi connectivity index (χ4n) is 3.69. The van der Waals surface area contributed by atoms with Gasteiger partial charge in [0.2, 0.25) is 5.91 Å². The van der Waals surface area contributed by atoms with Gasteiger partial charge in [0.05, 0.1) is 16.6 Å². The highest BCUT2D eigenvalue weighted by atomic mass is 16.1. The summed E-state index contributed by atoms with van der Waals surface area (Å²) in [6.07, 6.45) is 2.44. The van der Waals surface area contributed by atoms with Crippen LogP contribution in [0.4, 0.5) is 17.2 Å². The summed E-state index contributed by atoms with van der Waals surface area (Å²) in [5.41, 5.74) is 6.41. The molecule has 0 saturated carbocycles. The molecular weight excluding hydrogens is 374 g/mol. The van der Waals surface area contributed by atoms with Crippen LogP contribution in [0.5, 0.6) is 0 Å². The molecule has 4 rings (SSSR count). The second-order valence-electron chi connectivity index (χ2n) is 7.07. The summed E-state index contributed by atoms with van der Waals surface area (Å²) < 4.78 is 2.00. The number of pyridine rings is 1. The van der Waals surface area contributed by atoms with Crippen LogP contribution in [-0.2, 0) is 11.2 Å². The lowest BCUT2D eigenvalue weighted by Crippen LogP contribution is -2.08. The number of carbonyl (C=O) groups is 1. The van der Waals surface area contributed by atoms with Crippen LogP contribution in [0.15, 0.2) is 61.2 Å². The van der Waals surface area contributed by atoms with Crippen molar-refractivity contribution in [3.05, 3.63) is 77.9 Å². The van der Waals surface area contributed by atoms with Gasteiger partial charge in [0, 0.05) is 23.9 Å². The molecule has 0 unspecified atom stereocenters. The Morgan fingerprint density at radius 2 is 1.90 bits per heavy atom. The van der Waals surface area contributed by atoms with Crippen molar-refractivity contribution < 1.29 is 4.79 Å². The average molecular weight is 395 g/mol. The minimum Gasteiger partial charge on any atom is -0.341 e. The van der Waals surface area contributed by atoms with E-state index in [9.17, 15) is 10.1 Å². The third kappa shape index (κ3) is 3.27. The maximum Gasteiger partial charge on any atom is 0.221 e. The zero-order chi connectivity index (χ0) is 21.3. The molecule has 0 atom stereocenters. The predicted molar refractivity (Wildman–Crippen MR) is 120 cm³/mol. The topological polar surface area (TPSA) is 82.2 Å². The van der Waals surface area contributed by atoms with Crippen LogP contribution >= 0.6 is 0 Å². The molecule has 0 radical (unpaired) electrons. The highest BCUT2D eigenvalue weighted by molar-refractivity contribution is 5.89. The molecule has 2 heterocycles. The summed E-state index contributed by atoms with van der Waals surface area (Å²) in [6, 6.07) is 17.7. The standard InChI is InChI=1S/C24H21N5O/c1-4-7-19-15(2)20(14-25)24-28-21-8-5-6-9-22(21)29(24)23(19)27-18-12-10-17(11-13-18)26-16(3)30/h4-6,8-13,27H,1,7H2,2-3H3,(H,26,30). The molecular formula is C24H21N5O. The van der Waals surface area contributed by atoms with Crippen LogP contribution in [0.1, 0.15) is 23.6 Å². The van der Waals surface area contributed by atoms with Crippen LogP contribution in [0.2, 0.25) is 0 Å². The number of allylic oxidation sites excluding steroid dienone is 1. The lowest BCUT2D eigenvalue weighted by molar-refractivity contribution is -0.114. The lowest BCUT2D eigenvalue weighted by Gasteiger charge is -2.18. The summed E-state index contributed by atoms with van der Waals surface area (Å²) in [5.74, 6) is 0.737. The zero-order valence-corrected chi connectivity index (χ0v) is 16.9. The fraction of sp³-hybridized carbons (Fsp3) is 0.125. The summed E-state index contributed by atoms with van der Waals surface area (Å²) in [5, 5.41) is 16.1. The molecule has 30 heavy (non-hydrogen) atoms. The van der Waals surface area contributed by atoms with E-state index in [0.29, 0.717) is 17.6 Å². The molecule has 0 spiro atoms. The van der Waals surface area contributed by atoms with Gasteiger partial charge in [-0.3, -0.25) is 9.20 Å². The Kier molecular flexibility index (Phi) is 4.95. The Morgan fingerprint density at radius 3 is 2.57 bits per heavy atom. The number of anilines is 3. The van der Waals surface area contributed by atoms with Crippen molar-refractivity contribution >= 4 is 39.8 Å². The second-order valence-corrected chi connectivity index (χ2v) is 7.07. The third-order valence-corrected chi connectivity index (χ3v) is 5.05. The number of nitrogens with one attached hydrogen (secondary N) is 2. The average Bonchev–Trinajstić information content (AvgIpc) is 3.11. The van der Waals surface area contributed by atoms with E-state index in [1.165, 1.54) is 6.92 Å². The van der Waals surface area contributed by atoms with Gasteiger partial charge in [-0.05, 0) is 55.3 Å². The fourth-order valence-corrected chi connectivity index (χ4v) is 3.69. The SMILES string of the molecule is C=CCc1c(C)c(C#N)c2nc3ccccc3n2c1Nc1ccc(NC(C)=O)cc1. The summed E-state index contributed by atoms with van der Waals surface area (Å²) >= 11 is 0. The number of benzene rings is 2. The van der Waals surface area contributed by atoms with Crippen LogP contribution in [0.3, 0.4) is 0 Å². The number of nitriles is 1. The van der Waals surface area contributed by atoms with Gasteiger partial charge in [0.25, 0.3) is 0 Å². The van der Waals surface area contributed by atoms with E-state index in [0.717, 1.165) is 39.4 Å². The van der Waals surface area contributed by atoms with Crippen molar-refractivity contribution in [3.63, 3.8) is 0 Å². The highest BCUT2D eigenvalue weighted by Crippen LogP contribution is 2.33. The van der Waals surface area contributed by atoms with E-state index in [1.807, 2.05) is 65.9 Å². The molecule has 2 N–H and O–H groups in total. The first-order valence-electron chi connectivity index (χ1n) is 9.61. The van der Waals surface area contributed by atoms with E-state index in [1.54, 1.807) is 0 Å². The first-order chi connectivity index (χ1) is 14.5. The number of hydrogen-bond acceptors (Lipinski definition) is 4. The molecule has 148 valence electrons. The normalized spacial score (nSPS) is 10.7. The number of imidazole rings is 1. The molecule has 4 aromatic rings. The summed E-state index contributed by atoms with van der Waals surface area (Å²) in [6.45, 7) is 7.32. The van der Waals surface area contributed by atoms with E-state index >= 15 is 0 Å². The number of amides is 1. The molecule has 0 aliphatic heterocycles. The van der Waals surface area contributed by atoms with Crippen molar-refractivity contribution in [3.8, 4) is 6.07 Å². The van der Waals surface area contributed by atoms with Gasteiger partial charge in [-0.15, -0.1) is 6.58 Å². The molecule has 0 aliphatic carbocycles. The number of para-hydroxylation sites is 2. The smallest absolute Gasteiger partial charge is 0.221 e. The van der Waals surface area contributed by atoms with Crippen molar-refractivity contribution in [2.45, 2.75) is 20.3 Å². The molecule has 6 nitrogen and oxygen atoms in total. The Balaban J connectivity index is 1.95. The van der Waals surface area contributed by atoms with E-state index in [4.69, 9.17) is 4.98 Å². The minimum absolute atomic E-state index is 0.113. The second kappa shape index (κ2) is 7.72. The van der Waals surface area contributed by atoms with Gasteiger partial charge in [-0.25, -0.2) is 4.98 Å². The Morgan fingerprint density at radius 1 is 1.20 bits per heavy atom. The number of aromatic nitrogens is 2. The molecule has 0 fully saturated rings. The van der Waals surface area contributed by atoms with Crippen molar-refractivity contribution in [2.75, 3.05) is 10.6 Å². The van der Waals surface area contributed by atoms with Crippen molar-refractivity contribution in [2.24, 2.45) is 0 Å². The van der Waals surface area contributed by atoms with E-state index in [2.05, 4.69) is 23.3 Å². The molecule has 1 amide bonds. The first-order valence-corrected chi connectivity index (χ1v) is 9.61. The predicted octanol–water partition coefficient (Wildman–Crippen LogP) is 5.10.